The smallest absolute Gasteiger partial charge is 0.159 e. The van der Waals surface area contributed by atoms with Crippen LogP contribution in [0.25, 0.3) is 22.2 Å². The zero-order chi connectivity index (χ0) is 13.2. The number of rotatable bonds is 2. The highest BCUT2D eigenvalue weighted by atomic mass is 16.5. The van der Waals surface area contributed by atoms with Gasteiger partial charge in [-0.2, -0.15) is 0 Å². The molecule has 0 aliphatic carbocycles. The molecule has 0 fully saturated rings. The summed E-state index contributed by atoms with van der Waals surface area (Å²) in [6.45, 7) is 0. The summed E-state index contributed by atoms with van der Waals surface area (Å²) in [6, 6.07) is 11.9. The van der Waals surface area contributed by atoms with Crippen LogP contribution in [0.15, 0.2) is 48.8 Å². The predicted octanol–water partition coefficient (Wildman–Crippen LogP) is 2.89. The molecule has 94 valence electrons. The summed E-state index contributed by atoms with van der Waals surface area (Å²) in [5.41, 5.74) is 7.14. The van der Waals surface area contributed by atoms with Crippen molar-refractivity contribution in [2.24, 2.45) is 0 Å². The number of fused-ring (bicyclic) bond motifs is 1. The molecule has 0 aliphatic heterocycles. The molecular weight excluding hydrogens is 238 g/mol. The van der Waals surface area contributed by atoms with Gasteiger partial charge in [0.05, 0.1) is 25.2 Å². The quantitative estimate of drug-likeness (QED) is 0.760. The molecule has 19 heavy (non-hydrogen) atoms. The molecule has 3 aromatic rings. The van der Waals surface area contributed by atoms with Crippen molar-refractivity contribution in [2.75, 3.05) is 12.8 Å². The molecule has 2 aromatic carbocycles. The molecule has 3 rings (SSSR count). The first-order valence-electron chi connectivity index (χ1n) is 5.93. The second kappa shape index (κ2) is 4.57. The van der Waals surface area contributed by atoms with Gasteiger partial charge in [0.25, 0.3) is 0 Å². The lowest BCUT2D eigenvalue weighted by Crippen LogP contribution is -1.94. The number of hydrogen-bond acceptors (Lipinski definition) is 4. The van der Waals surface area contributed by atoms with Crippen molar-refractivity contribution in [3.63, 3.8) is 0 Å². The summed E-state index contributed by atoms with van der Waals surface area (Å²) in [4.78, 5) is 8.55. The van der Waals surface area contributed by atoms with Crippen molar-refractivity contribution < 1.29 is 4.74 Å². The molecule has 1 aromatic heterocycles. The largest absolute Gasteiger partial charge is 0.496 e. The molecule has 0 aliphatic rings. The molecule has 2 N–H and O–H groups in total. The zero-order valence-corrected chi connectivity index (χ0v) is 10.5. The molecule has 1 heterocycles. The van der Waals surface area contributed by atoms with Crippen LogP contribution in [0.1, 0.15) is 0 Å². The van der Waals surface area contributed by atoms with Gasteiger partial charge in [0.15, 0.2) is 5.82 Å². The molecule has 0 bridgehead atoms. The number of aromatic nitrogens is 2. The Morgan fingerprint density at radius 3 is 2.32 bits per heavy atom. The van der Waals surface area contributed by atoms with E-state index in [1.165, 1.54) is 0 Å². The third kappa shape index (κ3) is 1.97. The van der Waals surface area contributed by atoms with Gasteiger partial charge in [-0.1, -0.05) is 24.3 Å². The number of hydrogen-bond donors (Lipinski definition) is 1. The highest BCUT2D eigenvalue weighted by Gasteiger charge is 2.09. The van der Waals surface area contributed by atoms with Crippen molar-refractivity contribution in [1.29, 1.82) is 0 Å². The number of benzene rings is 2. The van der Waals surface area contributed by atoms with E-state index in [-0.39, 0.29) is 0 Å². The van der Waals surface area contributed by atoms with Crippen LogP contribution >= 0.6 is 0 Å². The second-order valence-electron chi connectivity index (χ2n) is 4.20. The van der Waals surface area contributed by atoms with Crippen LogP contribution < -0.4 is 10.5 Å². The van der Waals surface area contributed by atoms with E-state index in [9.17, 15) is 0 Å². The van der Waals surface area contributed by atoms with Crippen LogP contribution in [0.5, 0.6) is 5.75 Å². The third-order valence-corrected chi connectivity index (χ3v) is 3.02. The first kappa shape index (κ1) is 11.5. The fraction of sp³-hybridized carbons (Fsp3) is 0.0667. The summed E-state index contributed by atoms with van der Waals surface area (Å²) < 4.78 is 5.38. The number of nitrogens with zero attached hydrogens (tertiary/aromatic N) is 2. The minimum atomic E-state index is 0.557. The highest BCUT2D eigenvalue weighted by Crippen LogP contribution is 2.32. The SMILES string of the molecule is COc1ccc(-c2ncc(N)cn2)c2ccccc12. The highest BCUT2D eigenvalue weighted by molar-refractivity contribution is 5.98. The van der Waals surface area contributed by atoms with E-state index in [0.29, 0.717) is 11.5 Å². The first-order chi connectivity index (χ1) is 9.29. The average Bonchev–Trinajstić information content (AvgIpc) is 2.47. The van der Waals surface area contributed by atoms with Gasteiger partial charge in [0, 0.05) is 10.9 Å². The third-order valence-electron chi connectivity index (χ3n) is 3.02. The monoisotopic (exact) mass is 251 g/mol. The molecule has 0 saturated carbocycles. The maximum atomic E-state index is 5.62. The molecule has 0 radical (unpaired) electrons. The Balaban J connectivity index is 2.27. The van der Waals surface area contributed by atoms with Crippen LogP contribution in [0, 0.1) is 0 Å². The van der Waals surface area contributed by atoms with Crippen LogP contribution in [0.2, 0.25) is 0 Å². The summed E-state index contributed by atoms with van der Waals surface area (Å²) in [5, 5.41) is 2.11. The van der Waals surface area contributed by atoms with E-state index in [1.807, 2.05) is 36.4 Å². The van der Waals surface area contributed by atoms with Crippen LogP contribution in [-0.4, -0.2) is 17.1 Å². The predicted molar refractivity (Wildman–Crippen MR) is 75.9 cm³/mol. The van der Waals surface area contributed by atoms with Gasteiger partial charge in [0.1, 0.15) is 5.75 Å². The summed E-state index contributed by atoms with van der Waals surface area (Å²) in [7, 11) is 1.67. The number of nitrogens with two attached hydrogens (primary N) is 1. The van der Waals surface area contributed by atoms with Gasteiger partial charge in [-0.15, -0.1) is 0 Å². The first-order valence-corrected chi connectivity index (χ1v) is 5.93. The average molecular weight is 251 g/mol. The lowest BCUT2D eigenvalue weighted by molar-refractivity contribution is 0.420. The normalized spacial score (nSPS) is 10.6. The van der Waals surface area contributed by atoms with Crippen molar-refractivity contribution in [3.05, 3.63) is 48.8 Å². The van der Waals surface area contributed by atoms with Gasteiger partial charge < -0.3 is 10.5 Å². The van der Waals surface area contributed by atoms with Gasteiger partial charge >= 0.3 is 0 Å². The summed E-state index contributed by atoms with van der Waals surface area (Å²) in [5.74, 6) is 1.50. The van der Waals surface area contributed by atoms with E-state index in [4.69, 9.17) is 10.5 Å². The van der Waals surface area contributed by atoms with Gasteiger partial charge in [-0.25, -0.2) is 9.97 Å². The molecule has 0 unspecified atom stereocenters. The Bertz CT molecular complexity index is 723. The molecule has 0 atom stereocenters. The van der Waals surface area contributed by atoms with Crippen molar-refractivity contribution >= 4 is 16.5 Å². The Kier molecular flexibility index (Phi) is 2.76. The van der Waals surface area contributed by atoms with E-state index < -0.39 is 0 Å². The summed E-state index contributed by atoms with van der Waals surface area (Å²) in [6.07, 6.45) is 3.22. The lowest BCUT2D eigenvalue weighted by atomic mass is 10.0. The number of nitrogen functional groups attached to an aromatic ring is 1. The molecule has 0 amide bonds. The number of anilines is 1. The Morgan fingerprint density at radius 2 is 1.63 bits per heavy atom. The van der Waals surface area contributed by atoms with Gasteiger partial charge in [-0.3, -0.25) is 0 Å². The van der Waals surface area contributed by atoms with E-state index in [2.05, 4.69) is 9.97 Å². The molecule has 0 saturated heterocycles. The zero-order valence-electron chi connectivity index (χ0n) is 10.5. The fourth-order valence-corrected chi connectivity index (χ4v) is 2.12. The Morgan fingerprint density at radius 1 is 0.947 bits per heavy atom. The van der Waals surface area contributed by atoms with E-state index in [1.54, 1.807) is 19.5 Å². The van der Waals surface area contributed by atoms with Crippen molar-refractivity contribution in [3.8, 4) is 17.1 Å². The molecule has 4 nitrogen and oxygen atoms in total. The Labute approximate surface area is 110 Å². The second-order valence-corrected chi connectivity index (χ2v) is 4.20. The van der Waals surface area contributed by atoms with E-state index >= 15 is 0 Å². The minimum Gasteiger partial charge on any atom is -0.496 e. The Hall–Kier alpha value is -2.62. The van der Waals surface area contributed by atoms with Crippen LogP contribution in [-0.2, 0) is 0 Å². The van der Waals surface area contributed by atoms with Crippen LogP contribution in [0.4, 0.5) is 5.69 Å². The molecular formula is C15H13N3O. The maximum absolute atomic E-state index is 5.62. The standard InChI is InChI=1S/C15H13N3O/c1-19-14-7-6-13(11-4-2-3-5-12(11)14)15-17-8-10(16)9-18-15/h2-9H,16H2,1H3. The fourth-order valence-electron chi connectivity index (χ4n) is 2.12. The van der Waals surface area contributed by atoms with Crippen molar-refractivity contribution in [1.82, 2.24) is 9.97 Å². The molecule has 0 spiro atoms. The van der Waals surface area contributed by atoms with Crippen LogP contribution in [0.3, 0.4) is 0 Å². The maximum Gasteiger partial charge on any atom is 0.159 e. The van der Waals surface area contributed by atoms with Gasteiger partial charge in [-0.05, 0) is 17.5 Å². The van der Waals surface area contributed by atoms with Crippen molar-refractivity contribution in [2.45, 2.75) is 0 Å². The number of methoxy groups -OCH3 is 1. The number of ether oxygens (including phenoxy) is 1. The lowest BCUT2D eigenvalue weighted by Gasteiger charge is -2.09. The van der Waals surface area contributed by atoms with Gasteiger partial charge in [0.2, 0.25) is 0 Å². The molecule has 4 heteroatoms. The summed E-state index contributed by atoms with van der Waals surface area (Å²) >= 11 is 0. The van der Waals surface area contributed by atoms with E-state index in [0.717, 1.165) is 22.1 Å². The minimum absolute atomic E-state index is 0.557. The topological polar surface area (TPSA) is 61.0 Å².